The SMILES string of the molecule is C=CCCCCCCCCC(=O)NC(c1cccc2cc(C)c(C)cc12)C(C)C. The number of benzene rings is 2. The van der Waals surface area contributed by atoms with Crippen LogP contribution in [-0.4, -0.2) is 5.91 Å². The highest BCUT2D eigenvalue weighted by Gasteiger charge is 2.20. The van der Waals surface area contributed by atoms with E-state index >= 15 is 0 Å². The van der Waals surface area contributed by atoms with E-state index < -0.39 is 0 Å². The quantitative estimate of drug-likeness (QED) is 0.292. The van der Waals surface area contributed by atoms with E-state index in [-0.39, 0.29) is 11.9 Å². The van der Waals surface area contributed by atoms with Crippen molar-refractivity contribution in [2.75, 3.05) is 0 Å². The summed E-state index contributed by atoms with van der Waals surface area (Å²) in [6.45, 7) is 12.5. The Morgan fingerprint density at radius 2 is 1.66 bits per heavy atom. The highest BCUT2D eigenvalue weighted by Crippen LogP contribution is 2.31. The van der Waals surface area contributed by atoms with Crippen LogP contribution in [0.15, 0.2) is 43.0 Å². The lowest BCUT2D eigenvalue weighted by molar-refractivity contribution is -0.122. The maximum Gasteiger partial charge on any atom is 0.220 e. The van der Waals surface area contributed by atoms with Gasteiger partial charge in [-0.05, 0) is 66.5 Å². The van der Waals surface area contributed by atoms with Gasteiger partial charge < -0.3 is 5.32 Å². The molecule has 1 amide bonds. The third kappa shape index (κ3) is 7.03. The molecular weight excluding hydrogens is 354 g/mol. The molecule has 2 rings (SSSR count). The van der Waals surface area contributed by atoms with Crippen molar-refractivity contribution in [3.8, 4) is 0 Å². The molecule has 0 saturated heterocycles. The molecule has 1 unspecified atom stereocenters. The van der Waals surface area contributed by atoms with Crippen LogP contribution in [0.2, 0.25) is 0 Å². The number of unbranched alkanes of at least 4 members (excludes halogenated alkanes) is 6. The second-order valence-electron chi connectivity index (χ2n) is 8.74. The van der Waals surface area contributed by atoms with E-state index in [4.69, 9.17) is 0 Å². The molecular formula is C27H39NO. The first kappa shape index (κ1) is 23.2. The van der Waals surface area contributed by atoms with Crippen molar-refractivity contribution in [1.29, 1.82) is 0 Å². The van der Waals surface area contributed by atoms with Crippen LogP contribution in [0.5, 0.6) is 0 Å². The average molecular weight is 394 g/mol. The van der Waals surface area contributed by atoms with E-state index in [1.54, 1.807) is 0 Å². The number of fused-ring (bicyclic) bond motifs is 1. The molecule has 0 spiro atoms. The van der Waals surface area contributed by atoms with Crippen molar-refractivity contribution < 1.29 is 4.79 Å². The van der Waals surface area contributed by atoms with Crippen molar-refractivity contribution in [1.82, 2.24) is 5.32 Å². The standard InChI is InChI=1S/C27H39NO/c1-6-7-8-9-10-11-12-13-17-26(29)28-27(20(2)3)24-16-14-15-23-18-21(4)22(5)19-25(23)24/h6,14-16,18-20,27H,1,7-13,17H2,2-5H3,(H,28,29). The average Bonchev–Trinajstić information content (AvgIpc) is 2.68. The van der Waals surface area contributed by atoms with Crippen molar-refractivity contribution in [2.45, 2.75) is 85.1 Å². The van der Waals surface area contributed by atoms with Gasteiger partial charge in [-0.1, -0.05) is 75.9 Å². The van der Waals surface area contributed by atoms with Crippen LogP contribution < -0.4 is 5.32 Å². The predicted octanol–water partition coefficient (Wildman–Crippen LogP) is 7.58. The van der Waals surface area contributed by atoms with E-state index in [2.05, 4.69) is 69.9 Å². The fourth-order valence-corrected chi connectivity index (χ4v) is 3.97. The minimum atomic E-state index is 0.0483. The molecule has 2 aromatic carbocycles. The second-order valence-corrected chi connectivity index (χ2v) is 8.74. The molecule has 0 radical (unpaired) electrons. The molecule has 0 aromatic heterocycles. The van der Waals surface area contributed by atoms with Gasteiger partial charge in [-0.2, -0.15) is 0 Å². The molecule has 29 heavy (non-hydrogen) atoms. The topological polar surface area (TPSA) is 29.1 Å². The van der Waals surface area contributed by atoms with Crippen LogP contribution in [-0.2, 0) is 4.79 Å². The van der Waals surface area contributed by atoms with Gasteiger partial charge in [-0.3, -0.25) is 4.79 Å². The molecule has 0 bridgehead atoms. The number of aryl methyl sites for hydroxylation is 2. The first-order valence-electron chi connectivity index (χ1n) is 11.3. The highest BCUT2D eigenvalue weighted by atomic mass is 16.1. The summed E-state index contributed by atoms with van der Waals surface area (Å²) in [6.07, 6.45) is 10.8. The van der Waals surface area contributed by atoms with E-state index in [0.29, 0.717) is 12.3 Å². The van der Waals surface area contributed by atoms with Gasteiger partial charge in [-0.25, -0.2) is 0 Å². The Kier molecular flexibility index (Phi) is 9.44. The summed E-state index contributed by atoms with van der Waals surface area (Å²) in [6, 6.07) is 11.0. The van der Waals surface area contributed by atoms with E-state index in [9.17, 15) is 4.79 Å². The summed E-state index contributed by atoms with van der Waals surface area (Å²) in [5.74, 6) is 0.521. The smallest absolute Gasteiger partial charge is 0.220 e. The summed E-state index contributed by atoms with van der Waals surface area (Å²) in [5, 5.41) is 5.84. The lowest BCUT2D eigenvalue weighted by atomic mass is 9.90. The van der Waals surface area contributed by atoms with Gasteiger partial charge in [0.15, 0.2) is 0 Å². The number of carbonyl (C=O) groups is 1. The van der Waals surface area contributed by atoms with Crippen LogP contribution in [0.1, 0.15) is 87.9 Å². The van der Waals surface area contributed by atoms with Gasteiger partial charge in [0.05, 0.1) is 6.04 Å². The van der Waals surface area contributed by atoms with Crippen molar-refractivity contribution in [3.05, 3.63) is 59.7 Å². The third-order valence-corrected chi connectivity index (χ3v) is 5.91. The summed E-state index contributed by atoms with van der Waals surface area (Å²) < 4.78 is 0. The Morgan fingerprint density at radius 3 is 2.34 bits per heavy atom. The zero-order valence-corrected chi connectivity index (χ0v) is 18.9. The monoisotopic (exact) mass is 393 g/mol. The Morgan fingerprint density at radius 1 is 1.00 bits per heavy atom. The maximum atomic E-state index is 12.6. The summed E-state index contributed by atoms with van der Waals surface area (Å²) in [5.41, 5.74) is 3.84. The Hall–Kier alpha value is -2.09. The number of allylic oxidation sites excluding steroid dienone is 1. The molecule has 2 nitrogen and oxygen atoms in total. The first-order valence-corrected chi connectivity index (χ1v) is 11.3. The van der Waals surface area contributed by atoms with Gasteiger partial charge in [0.2, 0.25) is 5.91 Å². The van der Waals surface area contributed by atoms with Crippen molar-refractivity contribution in [3.63, 3.8) is 0 Å². The van der Waals surface area contributed by atoms with E-state index in [1.807, 2.05) is 6.08 Å². The van der Waals surface area contributed by atoms with E-state index in [1.165, 1.54) is 53.1 Å². The van der Waals surface area contributed by atoms with Crippen LogP contribution in [0, 0.1) is 19.8 Å². The number of rotatable bonds is 12. The maximum absolute atomic E-state index is 12.6. The van der Waals surface area contributed by atoms with Gasteiger partial charge in [0.25, 0.3) is 0 Å². The normalized spacial score (nSPS) is 12.3. The fourth-order valence-electron chi connectivity index (χ4n) is 3.97. The van der Waals surface area contributed by atoms with Crippen LogP contribution >= 0.6 is 0 Å². The second kappa shape index (κ2) is 11.8. The number of nitrogens with one attached hydrogen (secondary N) is 1. The van der Waals surface area contributed by atoms with Crippen molar-refractivity contribution >= 4 is 16.7 Å². The predicted molar refractivity (Wildman–Crippen MR) is 126 cm³/mol. The van der Waals surface area contributed by atoms with Gasteiger partial charge in [0.1, 0.15) is 0 Å². The summed E-state index contributed by atoms with van der Waals surface area (Å²) in [7, 11) is 0. The molecule has 0 aliphatic heterocycles. The number of carbonyl (C=O) groups excluding carboxylic acids is 1. The Balaban J connectivity index is 1.95. The minimum Gasteiger partial charge on any atom is -0.349 e. The molecule has 0 heterocycles. The van der Waals surface area contributed by atoms with Crippen LogP contribution in [0.25, 0.3) is 10.8 Å². The van der Waals surface area contributed by atoms with Crippen LogP contribution in [0.4, 0.5) is 0 Å². The number of amides is 1. The number of hydrogen-bond donors (Lipinski definition) is 1. The highest BCUT2D eigenvalue weighted by molar-refractivity contribution is 5.88. The molecule has 0 aliphatic rings. The molecule has 2 aromatic rings. The molecule has 0 saturated carbocycles. The zero-order valence-electron chi connectivity index (χ0n) is 18.9. The van der Waals surface area contributed by atoms with Crippen molar-refractivity contribution in [2.24, 2.45) is 5.92 Å². The molecule has 1 atom stereocenters. The van der Waals surface area contributed by atoms with Gasteiger partial charge in [0, 0.05) is 6.42 Å². The lowest BCUT2D eigenvalue weighted by Gasteiger charge is -2.25. The molecule has 0 aliphatic carbocycles. The molecule has 0 fully saturated rings. The summed E-state index contributed by atoms with van der Waals surface area (Å²) >= 11 is 0. The van der Waals surface area contributed by atoms with Gasteiger partial charge >= 0.3 is 0 Å². The lowest BCUT2D eigenvalue weighted by Crippen LogP contribution is -2.31. The zero-order chi connectivity index (χ0) is 21.2. The molecule has 158 valence electrons. The Labute approximate surface area is 177 Å². The number of hydrogen-bond acceptors (Lipinski definition) is 1. The first-order chi connectivity index (χ1) is 13.9. The largest absolute Gasteiger partial charge is 0.349 e. The molecule has 1 N–H and O–H groups in total. The Bertz CT molecular complexity index is 806. The van der Waals surface area contributed by atoms with Gasteiger partial charge in [-0.15, -0.1) is 6.58 Å². The third-order valence-electron chi connectivity index (χ3n) is 5.91. The summed E-state index contributed by atoms with van der Waals surface area (Å²) in [4.78, 5) is 12.6. The van der Waals surface area contributed by atoms with E-state index in [0.717, 1.165) is 19.3 Å². The minimum absolute atomic E-state index is 0.0483. The molecule has 2 heteroatoms. The van der Waals surface area contributed by atoms with Crippen LogP contribution in [0.3, 0.4) is 0 Å². The fraction of sp³-hybridized carbons (Fsp3) is 0.519.